The maximum absolute atomic E-state index is 12.8. The third-order valence-electron chi connectivity index (χ3n) is 4.52. The summed E-state index contributed by atoms with van der Waals surface area (Å²) in [5, 5.41) is 6.48. The van der Waals surface area contributed by atoms with E-state index in [2.05, 4.69) is 15.6 Å². The highest BCUT2D eigenvalue weighted by Crippen LogP contribution is 2.32. The standard InChI is InChI=1S/C20H24N4O3S/c1-5-27-18(25)16-15(11-28-20-21-8-9-24(20)4)22-19(26)23-17(16)14-10-12(2)6-7-13(14)3/h6-10,17H,5,11H2,1-4H3,(H2,22,23,26)/t17-/m0/s1. The molecule has 8 heteroatoms. The molecule has 1 aliphatic rings. The fourth-order valence-electron chi connectivity index (χ4n) is 3.11. The molecule has 2 N–H and O–H groups in total. The van der Waals surface area contributed by atoms with Gasteiger partial charge in [0.2, 0.25) is 0 Å². The predicted molar refractivity (Wildman–Crippen MR) is 108 cm³/mol. The van der Waals surface area contributed by atoms with Crippen LogP contribution in [0.3, 0.4) is 0 Å². The molecule has 0 spiro atoms. The number of carbonyl (C=O) groups is 2. The number of ether oxygens (including phenoxy) is 1. The number of rotatable bonds is 6. The number of hydrogen-bond donors (Lipinski definition) is 2. The van der Waals surface area contributed by atoms with Gasteiger partial charge in [0, 0.05) is 30.9 Å². The van der Waals surface area contributed by atoms with Crippen molar-refractivity contribution in [2.45, 2.75) is 32.0 Å². The number of esters is 1. The van der Waals surface area contributed by atoms with Crippen molar-refractivity contribution >= 4 is 23.8 Å². The highest BCUT2D eigenvalue weighted by Gasteiger charge is 2.34. The molecule has 0 bridgehead atoms. The number of aryl methyl sites for hydroxylation is 3. The largest absolute Gasteiger partial charge is 0.463 e. The Balaban J connectivity index is 2.03. The van der Waals surface area contributed by atoms with Crippen LogP contribution in [0.4, 0.5) is 4.79 Å². The summed E-state index contributed by atoms with van der Waals surface area (Å²) in [5.74, 6) is -0.0373. The Morgan fingerprint density at radius 3 is 2.82 bits per heavy atom. The molecule has 28 heavy (non-hydrogen) atoms. The lowest BCUT2D eigenvalue weighted by Crippen LogP contribution is -2.46. The summed E-state index contributed by atoms with van der Waals surface area (Å²) < 4.78 is 7.20. The van der Waals surface area contributed by atoms with Gasteiger partial charge in [0.25, 0.3) is 0 Å². The smallest absolute Gasteiger partial charge is 0.338 e. The number of imidazole rings is 1. The molecule has 0 fully saturated rings. The highest BCUT2D eigenvalue weighted by molar-refractivity contribution is 7.99. The van der Waals surface area contributed by atoms with Crippen molar-refractivity contribution in [3.63, 3.8) is 0 Å². The van der Waals surface area contributed by atoms with E-state index in [0.29, 0.717) is 17.0 Å². The second kappa shape index (κ2) is 8.52. The lowest BCUT2D eigenvalue weighted by molar-refractivity contribution is -0.139. The van der Waals surface area contributed by atoms with Gasteiger partial charge in [0.1, 0.15) is 0 Å². The highest BCUT2D eigenvalue weighted by atomic mass is 32.2. The molecule has 7 nitrogen and oxygen atoms in total. The molecule has 1 aliphatic heterocycles. The van der Waals surface area contributed by atoms with E-state index in [0.717, 1.165) is 21.8 Å². The van der Waals surface area contributed by atoms with E-state index >= 15 is 0 Å². The van der Waals surface area contributed by atoms with Crippen molar-refractivity contribution < 1.29 is 14.3 Å². The lowest BCUT2D eigenvalue weighted by Gasteiger charge is -2.30. The van der Waals surface area contributed by atoms with Crippen molar-refractivity contribution in [1.82, 2.24) is 20.2 Å². The lowest BCUT2D eigenvalue weighted by atomic mass is 9.91. The van der Waals surface area contributed by atoms with Gasteiger partial charge in [-0.1, -0.05) is 35.5 Å². The fraction of sp³-hybridized carbons (Fsp3) is 0.350. The van der Waals surface area contributed by atoms with E-state index in [1.807, 2.05) is 49.9 Å². The van der Waals surface area contributed by atoms with Gasteiger partial charge in [-0.3, -0.25) is 0 Å². The Bertz CT molecular complexity index is 935. The van der Waals surface area contributed by atoms with E-state index in [1.54, 1.807) is 13.1 Å². The first-order valence-corrected chi connectivity index (χ1v) is 10.0. The molecule has 1 aromatic carbocycles. The van der Waals surface area contributed by atoms with Gasteiger partial charge in [-0.25, -0.2) is 14.6 Å². The van der Waals surface area contributed by atoms with E-state index in [9.17, 15) is 9.59 Å². The molecule has 148 valence electrons. The minimum absolute atomic E-state index is 0.260. The Kier molecular flexibility index (Phi) is 6.08. The summed E-state index contributed by atoms with van der Waals surface area (Å²) in [6, 6.07) is 5.09. The average molecular weight is 401 g/mol. The number of carbonyl (C=O) groups excluding carboxylic acids is 2. The molecule has 0 aliphatic carbocycles. The molecule has 0 saturated carbocycles. The average Bonchev–Trinajstić information content (AvgIpc) is 3.06. The molecular weight excluding hydrogens is 376 g/mol. The third-order valence-corrected chi connectivity index (χ3v) is 5.60. The van der Waals surface area contributed by atoms with Crippen LogP contribution in [-0.2, 0) is 16.6 Å². The van der Waals surface area contributed by atoms with Crippen LogP contribution >= 0.6 is 11.8 Å². The molecule has 1 aromatic heterocycles. The normalized spacial score (nSPS) is 16.6. The second-order valence-corrected chi connectivity index (χ2v) is 7.56. The van der Waals surface area contributed by atoms with Gasteiger partial charge in [0.15, 0.2) is 5.16 Å². The third kappa shape index (κ3) is 4.22. The van der Waals surface area contributed by atoms with Crippen LogP contribution in [-0.4, -0.2) is 33.9 Å². The van der Waals surface area contributed by atoms with E-state index in [1.165, 1.54) is 11.8 Å². The predicted octanol–water partition coefficient (Wildman–Crippen LogP) is 3.00. The zero-order valence-electron chi connectivity index (χ0n) is 16.4. The second-order valence-electron chi connectivity index (χ2n) is 6.61. The van der Waals surface area contributed by atoms with E-state index in [-0.39, 0.29) is 12.6 Å². The Morgan fingerprint density at radius 1 is 1.36 bits per heavy atom. The number of nitrogens with one attached hydrogen (secondary N) is 2. The SMILES string of the molecule is CCOC(=O)C1=C(CSc2nccn2C)NC(=O)N[C@H]1c1cc(C)ccc1C. The number of benzene rings is 1. The van der Waals surface area contributed by atoms with E-state index < -0.39 is 12.0 Å². The van der Waals surface area contributed by atoms with Crippen LogP contribution in [0, 0.1) is 13.8 Å². The molecule has 2 amide bonds. The van der Waals surface area contributed by atoms with Crippen LogP contribution in [0.15, 0.2) is 47.0 Å². The summed E-state index contributed by atoms with van der Waals surface area (Å²) in [6.45, 7) is 5.98. The summed E-state index contributed by atoms with van der Waals surface area (Å²) >= 11 is 1.45. The molecule has 0 saturated heterocycles. The summed E-state index contributed by atoms with van der Waals surface area (Å²) in [4.78, 5) is 29.5. The van der Waals surface area contributed by atoms with Gasteiger partial charge in [-0.05, 0) is 31.9 Å². The Morgan fingerprint density at radius 2 is 2.14 bits per heavy atom. The number of urea groups is 1. The zero-order valence-corrected chi connectivity index (χ0v) is 17.2. The van der Waals surface area contributed by atoms with E-state index in [4.69, 9.17) is 4.74 Å². The molecule has 2 heterocycles. The maximum Gasteiger partial charge on any atom is 0.338 e. The zero-order chi connectivity index (χ0) is 20.3. The van der Waals surface area contributed by atoms with Crippen molar-refractivity contribution in [2.75, 3.05) is 12.4 Å². The molecule has 2 aromatic rings. The molecular formula is C20H24N4O3S. The number of hydrogen-bond acceptors (Lipinski definition) is 5. The summed E-state index contributed by atoms with van der Waals surface area (Å²) in [6.07, 6.45) is 3.56. The summed E-state index contributed by atoms with van der Waals surface area (Å²) in [7, 11) is 1.90. The number of aromatic nitrogens is 2. The molecule has 1 atom stereocenters. The number of amides is 2. The fourth-order valence-corrected chi connectivity index (χ4v) is 4.01. The van der Waals surface area contributed by atoms with Gasteiger partial charge < -0.3 is 19.9 Å². The maximum atomic E-state index is 12.8. The molecule has 3 rings (SSSR count). The minimum Gasteiger partial charge on any atom is -0.463 e. The first kappa shape index (κ1) is 20.0. The molecule has 0 radical (unpaired) electrons. The van der Waals surface area contributed by atoms with Gasteiger partial charge >= 0.3 is 12.0 Å². The van der Waals surface area contributed by atoms with Crippen molar-refractivity contribution in [1.29, 1.82) is 0 Å². The van der Waals surface area contributed by atoms with Crippen LogP contribution in [0.1, 0.15) is 29.7 Å². The number of thioether (sulfide) groups is 1. The first-order valence-electron chi connectivity index (χ1n) is 9.05. The first-order chi connectivity index (χ1) is 13.4. The van der Waals surface area contributed by atoms with Crippen LogP contribution in [0.5, 0.6) is 0 Å². The van der Waals surface area contributed by atoms with Crippen LogP contribution < -0.4 is 10.6 Å². The monoisotopic (exact) mass is 400 g/mol. The Labute approximate surface area is 168 Å². The number of nitrogens with zero attached hydrogens (tertiary/aromatic N) is 2. The summed E-state index contributed by atoms with van der Waals surface area (Å²) in [5.41, 5.74) is 3.91. The van der Waals surface area contributed by atoms with Crippen LogP contribution in [0.25, 0.3) is 0 Å². The van der Waals surface area contributed by atoms with Gasteiger partial charge in [-0.2, -0.15) is 0 Å². The topological polar surface area (TPSA) is 85.2 Å². The minimum atomic E-state index is -0.565. The van der Waals surface area contributed by atoms with Crippen LogP contribution in [0.2, 0.25) is 0 Å². The van der Waals surface area contributed by atoms with Gasteiger partial charge in [-0.15, -0.1) is 0 Å². The molecule has 0 unspecified atom stereocenters. The van der Waals surface area contributed by atoms with Crippen molar-refractivity contribution in [3.05, 3.63) is 58.6 Å². The quantitative estimate of drug-likeness (QED) is 0.575. The van der Waals surface area contributed by atoms with Gasteiger partial charge in [0.05, 0.1) is 18.2 Å². The Hall–Kier alpha value is -2.74. The van der Waals surface area contributed by atoms with Crippen molar-refractivity contribution in [2.24, 2.45) is 7.05 Å². The van der Waals surface area contributed by atoms with Crippen molar-refractivity contribution in [3.8, 4) is 0 Å².